The lowest BCUT2D eigenvalue weighted by Crippen LogP contribution is -2.12. The molecule has 3 aromatic rings. The summed E-state index contributed by atoms with van der Waals surface area (Å²) in [5.74, 6) is -4.02. The van der Waals surface area contributed by atoms with Gasteiger partial charge >= 0.3 is 5.97 Å². The van der Waals surface area contributed by atoms with Gasteiger partial charge in [0.2, 0.25) is 0 Å². The fraction of sp³-hybridized carbons (Fsp3) is 0.457. The lowest BCUT2D eigenvalue weighted by Gasteiger charge is -2.25. The van der Waals surface area contributed by atoms with Crippen LogP contribution in [0.25, 0.3) is 0 Å². The molecule has 0 amide bonds. The van der Waals surface area contributed by atoms with Crippen LogP contribution in [0.1, 0.15) is 122 Å². The highest BCUT2D eigenvalue weighted by atomic mass is 16.4. The predicted octanol–water partition coefficient (Wildman–Crippen LogP) is 9.73. The fourth-order valence-electron chi connectivity index (χ4n) is 3.57. The van der Waals surface area contributed by atoms with E-state index >= 15 is 0 Å². The Morgan fingerprint density at radius 2 is 0.930 bits per heavy atom. The van der Waals surface area contributed by atoms with Crippen molar-refractivity contribution in [2.45, 2.75) is 108 Å². The number of aromatic carboxylic acids is 1. The molecule has 0 radical (unpaired) electrons. The van der Waals surface area contributed by atoms with Crippen molar-refractivity contribution in [2.24, 2.45) is 0 Å². The maximum Gasteiger partial charge on any atom is 0.335 e. The molecule has 8 heteroatoms. The van der Waals surface area contributed by atoms with Gasteiger partial charge in [-0.1, -0.05) is 107 Å². The first-order valence-electron chi connectivity index (χ1n) is 15.5. The molecule has 246 valence electrons. The minimum absolute atomic E-state index is 0.256. The first kappa shape index (κ1) is 45.9. The van der Waals surface area contributed by atoms with Crippen molar-refractivity contribution >= 4 is 5.97 Å². The molecule has 43 heavy (non-hydrogen) atoms. The topological polar surface area (TPSA) is 159 Å². The Bertz CT molecular complexity index is 1080. The standard InChI is InChI=1S/C16H16O3.C7H6O5.6C2H6/c17-14-8-13(9-15(18)16(14)19)12-6-5-10-3-1-2-4-11(10)7-12;8-4-1-3(7(11)12)2-5(9)6(4)10;6*1-2/h1-4,8-9,12,17-19H,5-7H2;1-2,8-10H,(H,11,12);6*1-2H3. The van der Waals surface area contributed by atoms with Gasteiger partial charge in [0.1, 0.15) is 0 Å². The first-order valence-corrected chi connectivity index (χ1v) is 15.5. The van der Waals surface area contributed by atoms with E-state index in [-0.39, 0.29) is 23.0 Å². The van der Waals surface area contributed by atoms with E-state index in [1.807, 2.05) is 89.2 Å². The van der Waals surface area contributed by atoms with E-state index in [4.69, 9.17) is 20.4 Å². The van der Waals surface area contributed by atoms with Crippen molar-refractivity contribution < 1.29 is 40.5 Å². The lowest BCUT2D eigenvalue weighted by molar-refractivity contribution is 0.0695. The third kappa shape index (κ3) is 15.7. The van der Waals surface area contributed by atoms with E-state index in [1.165, 1.54) is 11.1 Å². The Balaban J connectivity index is -0.000000275. The maximum atomic E-state index is 10.3. The number of phenolic OH excluding ortho intramolecular Hbond substituents is 6. The van der Waals surface area contributed by atoms with Gasteiger partial charge in [0.05, 0.1) is 5.56 Å². The van der Waals surface area contributed by atoms with Gasteiger partial charge in [-0.05, 0) is 66.1 Å². The van der Waals surface area contributed by atoms with Crippen LogP contribution < -0.4 is 0 Å². The second-order valence-corrected chi connectivity index (χ2v) is 7.28. The number of fused-ring (bicyclic) bond motifs is 1. The van der Waals surface area contributed by atoms with E-state index in [9.17, 15) is 20.1 Å². The molecule has 0 saturated heterocycles. The normalized spacial score (nSPS) is 11.5. The van der Waals surface area contributed by atoms with Gasteiger partial charge in [-0.15, -0.1) is 0 Å². The summed E-state index contributed by atoms with van der Waals surface area (Å²) in [5.41, 5.74) is 3.29. The van der Waals surface area contributed by atoms with E-state index in [1.54, 1.807) is 12.1 Å². The van der Waals surface area contributed by atoms with Gasteiger partial charge in [0, 0.05) is 0 Å². The maximum absolute atomic E-state index is 10.3. The molecule has 7 N–H and O–H groups in total. The van der Waals surface area contributed by atoms with E-state index < -0.39 is 29.0 Å². The Labute approximate surface area is 260 Å². The summed E-state index contributed by atoms with van der Waals surface area (Å²) in [6, 6.07) is 13.2. The smallest absolute Gasteiger partial charge is 0.335 e. The Morgan fingerprint density at radius 1 is 0.581 bits per heavy atom. The van der Waals surface area contributed by atoms with Gasteiger partial charge in [0.25, 0.3) is 0 Å². The molecule has 1 aliphatic rings. The third-order valence-corrected chi connectivity index (χ3v) is 5.23. The fourth-order valence-corrected chi connectivity index (χ4v) is 3.57. The quantitative estimate of drug-likeness (QED) is 0.142. The van der Waals surface area contributed by atoms with Crippen molar-refractivity contribution in [2.75, 3.05) is 0 Å². The molecule has 0 spiro atoms. The second kappa shape index (κ2) is 28.1. The van der Waals surface area contributed by atoms with Crippen LogP contribution in [0.4, 0.5) is 0 Å². The van der Waals surface area contributed by atoms with Crippen molar-refractivity contribution in [1.29, 1.82) is 0 Å². The third-order valence-electron chi connectivity index (χ3n) is 5.23. The van der Waals surface area contributed by atoms with Gasteiger partial charge < -0.3 is 35.7 Å². The average molecular weight is 607 g/mol. The van der Waals surface area contributed by atoms with Crippen LogP contribution in [-0.4, -0.2) is 41.7 Å². The number of carboxylic acid groups (broad SMARTS) is 1. The zero-order valence-electron chi connectivity index (χ0n) is 28.4. The molecule has 0 bridgehead atoms. The Kier molecular flexibility index (Phi) is 30.0. The number of carbonyl (C=O) groups is 1. The highest BCUT2D eigenvalue weighted by Gasteiger charge is 2.22. The molecule has 0 fully saturated rings. The highest BCUT2D eigenvalue weighted by molar-refractivity contribution is 5.89. The van der Waals surface area contributed by atoms with Crippen LogP contribution in [0, 0.1) is 0 Å². The van der Waals surface area contributed by atoms with Crippen LogP contribution in [-0.2, 0) is 12.8 Å². The largest absolute Gasteiger partial charge is 0.504 e. The number of rotatable bonds is 2. The summed E-state index contributed by atoms with van der Waals surface area (Å²) < 4.78 is 0. The molecule has 0 aromatic heterocycles. The van der Waals surface area contributed by atoms with Crippen molar-refractivity contribution in [3.63, 3.8) is 0 Å². The van der Waals surface area contributed by atoms with E-state index in [0.29, 0.717) is 0 Å². The summed E-state index contributed by atoms with van der Waals surface area (Å²) in [6.07, 6.45) is 2.89. The summed E-state index contributed by atoms with van der Waals surface area (Å²) in [5, 5.41) is 63.5. The van der Waals surface area contributed by atoms with E-state index in [2.05, 4.69) is 18.2 Å². The number of carboxylic acids is 1. The molecular weight excluding hydrogens is 548 g/mol. The minimum Gasteiger partial charge on any atom is -0.504 e. The zero-order chi connectivity index (χ0) is 34.7. The van der Waals surface area contributed by atoms with Crippen LogP contribution in [0.5, 0.6) is 34.5 Å². The molecule has 1 aliphatic carbocycles. The number of aryl methyl sites for hydroxylation is 1. The van der Waals surface area contributed by atoms with Crippen molar-refractivity contribution in [3.8, 4) is 34.5 Å². The summed E-state index contributed by atoms with van der Waals surface area (Å²) in [4.78, 5) is 10.3. The lowest BCUT2D eigenvalue weighted by atomic mass is 9.80. The predicted molar refractivity (Wildman–Crippen MR) is 179 cm³/mol. The monoisotopic (exact) mass is 606 g/mol. The second-order valence-electron chi connectivity index (χ2n) is 7.28. The van der Waals surface area contributed by atoms with Crippen LogP contribution in [0.3, 0.4) is 0 Å². The van der Waals surface area contributed by atoms with Crippen LogP contribution >= 0.6 is 0 Å². The van der Waals surface area contributed by atoms with Crippen molar-refractivity contribution in [3.05, 3.63) is 70.8 Å². The molecule has 0 saturated carbocycles. The molecular formula is C35H58O8. The SMILES string of the molecule is CC.CC.CC.CC.CC.CC.O=C(O)c1cc(O)c(O)c(O)c1.Oc1cc(C2CCc3ccccc3C2)cc(O)c1O. The zero-order valence-corrected chi connectivity index (χ0v) is 28.4. The number of benzene rings is 3. The highest BCUT2D eigenvalue weighted by Crippen LogP contribution is 2.41. The summed E-state index contributed by atoms with van der Waals surface area (Å²) in [7, 11) is 0. The summed E-state index contributed by atoms with van der Waals surface area (Å²) >= 11 is 0. The Morgan fingerprint density at radius 3 is 1.30 bits per heavy atom. The number of phenols is 6. The Hall–Kier alpha value is -4.07. The first-order chi connectivity index (χ1) is 20.7. The van der Waals surface area contributed by atoms with Gasteiger partial charge in [0.15, 0.2) is 34.5 Å². The summed E-state index contributed by atoms with van der Waals surface area (Å²) in [6.45, 7) is 24.0. The van der Waals surface area contributed by atoms with Gasteiger partial charge in [-0.25, -0.2) is 4.79 Å². The molecule has 3 aromatic carbocycles. The average Bonchev–Trinajstić information content (AvgIpc) is 3.07. The van der Waals surface area contributed by atoms with E-state index in [0.717, 1.165) is 37.0 Å². The molecule has 4 rings (SSSR count). The molecule has 1 atom stereocenters. The minimum atomic E-state index is -1.29. The molecule has 8 nitrogen and oxygen atoms in total. The number of hydrogen-bond acceptors (Lipinski definition) is 7. The molecule has 0 aliphatic heterocycles. The number of aromatic hydroxyl groups is 6. The van der Waals surface area contributed by atoms with Gasteiger partial charge in [-0.3, -0.25) is 0 Å². The molecule has 0 heterocycles. The number of hydrogen-bond donors (Lipinski definition) is 7. The molecule has 1 unspecified atom stereocenters. The van der Waals surface area contributed by atoms with Crippen LogP contribution in [0.15, 0.2) is 48.5 Å². The van der Waals surface area contributed by atoms with Crippen molar-refractivity contribution in [1.82, 2.24) is 0 Å². The van der Waals surface area contributed by atoms with Crippen LogP contribution in [0.2, 0.25) is 0 Å². The van der Waals surface area contributed by atoms with Gasteiger partial charge in [-0.2, -0.15) is 0 Å².